The van der Waals surface area contributed by atoms with Crippen molar-refractivity contribution in [1.29, 1.82) is 0 Å². The van der Waals surface area contributed by atoms with Crippen molar-refractivity contribution in [1.82, 2.24) is 9.78 Å². The van der Waals surface area contributed by atoms with Gasteiger partial charge in [0.25, 0.3) is 5.91 Å². The number of carbonyl (C=O) groups excluding carboxylic acids is 1. The molecule has 2 N–H and O–H groups in total. The number of nitrogens with zero attached hydrogens (tertiary/aromatic N) is 2. The lowest BCUT2D eigenvalue weighted by Gasteiger charge is -2.11. The number of carboxylic acid groups (broad SMARTS) is 1. The van der Waals surface area contributed by atoms with E-state index in [9.17, 15) is 18.0 Å². The SMILES string of the molecule is O=C(O)Cn1ccc(NC(=O)c2ccc(S(=O)(=O)C3CCCC3)cc2)n1. The van der Waals surface area contributed by atoms with E-state index in [1.165, 1.54) is 41.2 Å². The van der Waals surface area contributed by atoms with Crippen molar-refractivity contribution in [2.24, 2.45) is 0 Å². The van der Waals surface area contributed by atoms with Crippen molar-refractivity contribution in [2.75, 3.05) is 5.32 Å². The molecule has 0 atom stereocenters. The van der Waals surface area contributed by atoms with Crippen LogP contribution in [-0.2, 0) is 21.2 Å². The monoisotopic (exact) mass is 377 g/mol. The number of benzene rings is 1. The number of sulfone groups is 1. The molecule has 1 saturated carbocycles. The average Bonchev–Trinajstić information content (AvgIpc) is 3.27. The first-order chi connectivity index (χ1) is 12.4. The second-order valence-corrected chi connectivity index (χ2v) is 8.45. The highest BCUT2D eigenvalue weighted by Crippen LogP contribution is 2.29. The van der Waals surface area contributed by atoms with Crippen LogP contribution in [0.15, 0.2) is 41.4 Å². The van der Waals surface area contributed by atoms with Gasteiger partial charge in [0.2, 0.25) is 0 Å². The summed E-state index contributed by atoms with van der Waals surface area (Å²) in [6.45, 7) is -0.302. The van der Waals surface area contributed by atoms with Crippen LogP contribution in [0.4, 0.5) is 5.82 Å². The maximum atomic E-state index is 12.5. The van der Waals surface area contributed by atoms with Crippen LogP contribution in [0.3, 0.4) is 0 Å². The molecule has 0 saturated heterocycles. The molecule has 1 heterocycles. The molecule has 26 heavy (non-hydrogen) atoms. The fraction of sp³-hybridized carbons (Fsp3) is 0.353. The Labute approximate surface area is 150 Å². The summed E-state index contributed by atoms with van der Waals surface area (Å²) in [5.74, 6) is -1.26. The molecule has 2 aromatic rings. The summed E-state index contributed by atoms with van der Waals surface area (Å²) in [7, 11) is -3.35. The standard InChI is InChI=1S/C17H19N3O5S/c21-16(22)11-20-10-9-15(19-20)18-17(23)12-5-7-14(8-6-12)26(24,25)13-3-1-2-4-13/h5-10,13H,1-4,11H2,(H,21,22)(H,18,19,23). The van der Waals surface area contributed by atoms with Crippen LogP contribution >= 0.6 is 0 Å². The van der Waals surface area contributed by atoms with Crippen molar-refractivity contribution < 1.29 is 23.1 Å². The number of anilines is 1. The van der Waals surface area contributed by atoms with E-state index in [1.54, 1.807) is 0 Å². The molecule has 1 aliphatic rings. The minimum Gasteiger partial charge on any atom is -0.480 e. The first-order valence-electron chi connectivity index (χ1n) is 8.27. The lowest BCUT2D eigenvalue weighted by Crippen LogP contribution is -2.18. The van der Waals surface area contributed by atoms with E-state index in [-0.39, 0.29) is 22.5 Å². The molecule has 9 heteroatoms. The van der Waals surface area contributed by atoms with Crippen LogP contribution < -0.4 is 5.32 Å². The van der Waals surface area contributed by atoms with Gasteiger partial charge in [-0.05, 0) is 37.1 Å². The summed E-state index contributed by atoms with van der Waals surface area (Å²) < 4.78 is 26.3. The van der Waals surface area contributed by atoms with Crippen molar-refractivity contribution in [3.63, 3.8) is 0 Å². The number of hydrogen-bond acceptors (Lipinski definition) is 5. The average molecular weight is 377 g/mol. The van der Waals surface area contributed by atoms with Gasteiger partial charge in [0.1, 0.15) is 6.54 Å². The van der Waals surface area contributed by atoms with E-state index in [0.717, 1.165) is 12.8 Å². The molecule has 1 aliphatic carbocycles. The van der Waals surface area contributed by atoms with Gasteiger partial charge in [-0.15, -0.1) is 0 Å². The van der Waals surface area contributed by atoms with Gasteiger partial charge in [-0.1, -0.05) is 12.8 Å². The minimum absolute atomic E-state index is 0.221. The van der Waals surface area contributed by atoms with Gasteiger partial charge >= 0.3 is 5.97 Å². The zero-order valence-electron chi connectivity index (χ0n) is 14.0. The van der Waals surface area contributed by atoms with E-state index < -0.39 is 21.7 Å². The van der Waals surface area contributed by atoms with Crippen LogP contribution in [0.1, 0.15) is 36.0 Å². The van der Waals surface area contributed by atoms with E-state index >= 15 is 0 Å². The van der Waals surface area contributed by atoms with Gasteiger partial charge in [0.15, 0.2) is 15.7 Å². The third-order valence-corrected chi connectivity index (χ3v) is 6.64. The summed E-state index contributed by atoms with van der Waals surface area (Å²) in [4.78, 5) is 23.1. The zero-order chi connectivity index (χ0) is 18.7. The Morgan fingerprint density at radius 1 is 1.15 bits per heavy atom. The molecule has 1 aromatic carbocycles. The van der Waals surface area contributed by atoms with Gasteiger partial charge in [-0.25, -0.2) is 8.42 Å². The molecule has 0 unspecified atom stereocenters. The molecule has 0 radical (unpaired) electrons. The molecule has 1 amide bonds. The Kier molecular flexibility index (Phi) is 5.08. The van der Waals surface area contributed by atoms with E-state index in [4.69, 9.17) is 5.11 Å². The van der Waals surface area contributed by atoms with E-state index in [0.29, 0.717) is 18.4 Å². The van der Waals surface area contributed by atoms with Crippen molar-refractivity contribution in [2.45, 2.75) is 42.4 Å². The van der Waals surface area contributed by atoms with Gasteiger partial charge in [0, 0.05) is 17.8 Å². The lowest BCUT2D eigenvalue weighted by atomic mass is 10.2. The van der Waals surface area contributed by atoms with Crippen LogP contribution in [0.25, 0.3) is 0 Å². The number of nitrogens with one attached hydrogen (secondary N) is 1. The molecular formula is C17H19N3O5S. The second-order valence-electron chi connectivity index (χ2n) is 6.22. The van der Waals surface area contributed by atoms with Gasteiger partial charge < -0.3 is 10.4 Å². The first kappa shape index (κ1) is 18.1. The molecule has 0 spiro atoms. The molecule has 3 rings (SSSR count). The molecule has 138 valence electrons. The number of aromatic nitrogens is 2. The van der Waals surface area contributed by atoms with E-state index in [2.05, 4.69) is 10.4 Å². The fourth-order valence-electron chi connectivity index (χ4n) is 3.03. The van der Waals surface area contributed by atoms with Crippen molar-refractivity contribution in [3.05, 3.63) is 42.1 Å². The number of aliphatic carboxylic acids is 1. The third-order valence-electron chi connectivity index (χ3n) is 4.37. The molecule has 1 aromatic heterocycles. The lowest BCUT2D eigenvalue weighted by molar-refractivity contribution is -0.137. The highest BCUT2D eigenvalue weighted by Gasteiger charge is 2.30. The van der Waals surface area contributed by atoms with Crippen molar-refractivity contribution >= 4 is 27.5 Å². The molecule has 1 fully saturated rings. The Balaban J connectivity index is 1.69. The predicted octanol–water partition coefficient (Wildman–Crippen LogP) is 1.94. The number of rotatable bonds is 6. The first-order valence-corrected chi connectivity index (χ1v) is 9.81. The predicted molar refractivity (Wildman–Crippen MR) is 93.7 cm³/mol. The molecule has 0 bridgehead atoms. The molecule has 8 nitrogen and oxygen atoms in total. The maximum Gasteiger partial charge on any atom is 0.325 e. The fourth-order valence-corrected chi connectivity index (χ4v) is 4.88. The topological polar surface area (TPSA) is 118 Å². The quantitative estimate of drug-likeness (QED) is 0.794. The minimum atomic E-state index is -3.35. The summed E-state index contributed by atoms with van der Waals surface area (Å²) >= 11 is 0. The largest absolute Gasteiger partial charge is 0.480 e. The third kappa shape index (κ3) is 3.93. The second kappa shape index (κ2) is 7.28. The number of carbonyl (C=O) groups is 2. The summed E-state index contributed by atoms with van der Waals surface area (Å²) in [5.41, 5.74) is 0.295. The van der Waals surface area contributed by atoms with Gasteiger partial charge in [0.05, 0.1) is 10.1 Å². The Morgan fingerprint density at radius 3 is 2.42 bits per heavy atom. The van der Waals surface area contributed by atoms with E-state index in [1.807, 2.05) is 0 Å². The highest BCUT2D eigenvalue weighted by molar-refractivity contribution is 7.92. The highest BCUT2D eigenvalue weighted by atomic mass is 32.2. The van der Waals surface area contributed by atoms with Crippen LogP contribution in [0, 0.1) is 0 Å². The van der Waals surface area contributed by atoms with Gasteiger partial charge in [-0.2, -0.15) is 5.10 Å². The van der Waals surface area contributed by atoms with Crippen LogP contribution in [0.2, 0.25) is 0 Å². The molecular weight excluding hydrogens is 358 g/mol. The smallest absolute Gasteiger partial charge is 0.325 e. The number of hydrogen-bond donors (Lipinski definition) is 2. The van der Waals surface area contributed by atoms with Crippen LogP contribution in [-0.4, -0.2) is 40.4 Å². The summed E-state index contributed by atoms with van der Waals surface area (Å²) in [6.07, 6.45) is 4.67. The maximum absolute atomic E-state index is 12.5. The summed E-state index contributed by atoms with van der Waals surface area (Å²) in [6, 6.07) is 7.31. The number of carboxylic acids is 1. The summed E-state index contributed by atoms with van der Waals surface area (Å²) in [5, 5.41) is 14.9. The Morgan fingerprint density at radius 2 is 1.81 bits per heavy atom. The normalized spacial score (nSPS) is 15.1. The van der Waals surface area contributed by atoms with Gasteiger partial charge in [-0.3, -0.25) is 14.3 Å². The Bertz CT molecular complexity index is 912. The molecule has 0 aliphatic heterocycles. The van der Waals surface area contributed by atoms with Crippen molar-refractivity contribution in [3.8, 4) is 0 Å². The van der Waals surface area contributed by atoms with Crippen LogP contribution in [0.5, 0.6) is 0 Å². The Hall–Kier alpha value is -2.68. The number of amides is 1. The zero-order valence-corrected chi connectivity index (χ0v) is 14.8.